The number of carbonyl (C=O) groups is 2. The summed E-state index contributed by atoms with van der Waals surface area (Å²) in [5.41, 5.74) is 2.48. The summed E-state index contributed by atoms with van der Waals surface area (Å²) in [7, 11) is 1.35. The number of methoxy groups -OCH3 is 1. The molecule has 0 atom stereocenters. The lowest BCUT2D eigenvalue weighted by atomic mass is 10.1. The number of ether oxygens (including phenoxy) is 2. The zero-order valence-corrected chi connectivity index (χ0v) is 20.9. The minimum atomic E-state index is -2.76. The van der Waals surface area contributed by atoms with Crippen molar-refractivity contribution in [3.05, 3.63) is 57.8 Å². The molecule has 0 bridgehead atoms. The summed E-state index contributed by atoms with van der Waals surface area (Å²) in [5.74, 6) is -1.69. The largest absolute Gasteiger partial charge is 0.485 e. The Morgan fingerprint density at radius 3 is 2.59 bits per heavy atom. The first-order valence-electron chi connectivity index (χ1n) is 10.5. The fraction of sp³-hybridized carbons (Fsp3) is 0.273. The van der Waals surface area contributed by atoms with Crippen molar-refractivity contribution in [3.8, 4) is 22.8 Å². The van der Waals surface area contributed by atoms with Crippen molar-refractivity contribution in [1.29, 1.82) is 0 Å². The van der Waals surface area contributed by atoms with E-state index in [0.29, 0.717) is 0 Å². The fourth-order valence-corrected chi connectivity index (χ4v) is 3.55. The SMILES string of the molecule is CCN(NC(=O)NCc1ncc(-c2cc(Cl)cc(Cl)c2OCC(F)F)cc1F)C(=O)c1cc(OC)no1. The van der Waals surface area contributed by atoms with Crippen LogP contribution in [0.4, 0.5) is 18.0 Å². The Morgan fingerprint density at radius 2 is 1.97 bits per heavy atom. The van der Waals surface area contributed by atoms with Crippen molar-refractivity contribution < 1.29 is 36.8 Å². The molecule has 2 aromatic heterocycles. The molecular weight excluding hydrogens is 542 g/mol. The summed E-state index contributed by atoms with van der Waals surface area (Å²) in [6, 6.07) is 4.17. The zero-order chi connectivity index (χ0) is 27.1. The topological polar surface area (TPSA) is 119 Å². The second kappa shape index (κ2) is 12.5. The van der Waals surface area contributed by atoms with Gasteiger partial charge in [-0.1, -0.05) is 23.2 Å². The normalized spacial score (nSPS) is 10.8. The van der Waals surface area contributed by atoms with Gasteiger partial charge in [0.2, 0.25) is 5.76 Å². The van der Waals surface area contributed by atoms with Crippen molar-refractivity contribution >= 4 is 35.1 Å². The molecule has 0 saturated heterocycles. The highest BCUT2D eigenvalue weighted by molar-refractivity contribution is 6.36. The predicted molar refractivity (Wildman–Crippen MR) is 126 cm³/mol. The summed E-state index contributed by atoms with van der Waals surface area (Å²) in [6.45, 7) is 0.412. The van der Waals surface area contributed by atoms with Gasteiger partial charge >= 0.3 is 11.9 Å². The number of urea groups is 1. The van der Waals surface area contributed by atoms with E-state index in [1.807, 2.05) is 0 Å². The monoisotopic (exact) mass is 561 g/mol. The molecule has 0 spiro atoms. The van der Waals surface area contributed by atoms with E-state index < -0.39 is 30.8 Å². The van der Waals surface area contributed by atoms with Crippen LogP contribution in [0.25, 0.3) is 11.1 Å². The van der Waals surface area contributed by atoms with Gasteiger partial charge in [-0.2, -0.15) is 0 Å². The second-order valence-corrected chi connectivity index (χ2v) is 8.04. The second-order valence-electron chi connectivity index (χ2n) is 7.20. The molecule has 0 fully saturated rings. The third kappa shape index (κ3) is 7.17. The Morgan fingerprint density at radius 1 is 1.22 bits per heavy atom. The number of hydrogen-bond donors (Lipinski definition) is 2. The first-order chi connectivity index (χ1) is 17.6. The van der Waals surface area contributed by atoms with Gasteiger partial charge in [-0.15, -0.1) is 0 Å². The molecule has 0 radical (unpaired) electrons. The van der Waals surface area contributed by atoms with Gasteiger partial charge in [0.1, 0.15) is 18.2 Å². The summed E-state index contributed by atoms with van der Waals surface area (Å²) < 4.78 is 54.9. The van der Waals surface area contributed by atoms with E-state index in [0.717, 1.165) is 11.1 Å². The van der Waals surface area contributed by atoms with Gasteiger partial charge in [0, 0.05) is 28.9 Å². The third-order valence-corrected chi connectivity index (χ3v) is 5.21. The molecule has 15 heteroatoms. The molecule has 2 N–H and O–H groups in total. The number of halogens is 5. The molecule has 1 aromatic carbocycles. The number of nitrogens with one attached hydrogen (secondary N) is 2. The Labute approximate surface area is 218 Å². The molecule has 3 amide bonds. The highest BCUT2D eigenvalue weighted by Gasteiger charge is 2.22. The van der Waals surface area contributed by atoms with E-state index in [1.54, 1.807) is 6.92 Å². The van der Waals surface area contributed by atoms with Crippen LogP contribution in [0.1, 0.15) is 23.2 Å². The van der Waals surface area contributed by atoms with Crippen LogP contribution in [0.2, 0.25) is 10.0 Å². The maximum absolute atomic E-state index is 14.8. The third-order valence-electron chi connectivity index (χ3n) is 4.71. The lowest BCUT2D eigenvalue weighted by Gasteiger charge is -2.20. The smallest absolute Gasteiger partial charge is 0.334 e. The summed E-state index contributed by atoms with van der Waals surface area (Å²) in [5, 5.41) is 6.99. The van der Waals surface area contributed by atoms with Crippen LogP contribution >= 0.6 is 23.2 Å². The lowest BCUT2D eigenvalue weighted by molar-refractivity contribution is 0.0651. The number of benzene rings is 1. The van der Waals surface area contributed by atoms with Gasteiger partial charge in [-0.3, -0.25) is 9.78 Å². The van der Waals surface area contributed by atoms with Crippen molar-refractivity contribution in [2.24, 2.45) is 0 Å². The van der Waals surface area contributed by atoms with E-state index in [9.17, 15) is 22.8 Å². The maximum Gasteiger partial charge on any atom is 0.334 e. The molecule has 0 aliphatic rings. The maximum atomic E-state index is 14.8. The molecule has 37 heavy (non-hydrogen) atoms. The molecule has 3 rings (SSSR count). The number of amides is 3. The Balaban J connectivity index is 1.68. The summed E-state index contributed by atoms with van der Waals surface area (Å²) in [4.78, 5) is 28.7. The number of pyridine rings is 1. The van der Waals surface area contributed by atoms with Crippen LogP contribution in [0.5, 0.6) is 11.6 Å². The number of aromatic nitrogens is 2. The lowest BCUT2D eigenvalue weighted by Crippen LogP contribution is -2.49. The molecule has 10 nitrogen and oxygen atoms in total. The molecule has 198 valence electrons. The standard InChI is InChI=1S/C22H20Cl2F3N5O5/c1-3-32(21(33)17-7-19(35-2)31-37-17)30-22(34)29-9-16-15(25)4-11(8-28-16)13-5-12(23)6-14(24)20(13)36-10-18(26)27/h4-8,18H,3,9-10H2,1-2H3,(H2,29,30,34). The van der Waals surface area contributed by atoms with Gasteiger partial charge in [0.15, 0.2) is 0 Å². The predicted octanol–water partition coefficient (Wildman–Crippen LogP) is 4.71. The minimum absolute atomic E-state index is 0.0372. The quantitative estimate of drug-likeness (QED) is 0.363. The van der Waals surface area contributed by atoms with Gasteiger partial charge in [-0.25, -0.2) is 28.4 Å². The molecule has 3 aromatic rings. The van der Waals surface area contributed by atoms with E-state index in [2.05, 4.69) is 20.9 Å². The van der Waals surface area contributed by atoms with Crippen LogP contribution in [0.3, 0.4) is 0 Å². The highest BCUT2D eigenvalue weighted by atomic mass is 35.5. The van der Waals surface area contributed by atoms with E-state index in [-0.39, 0.29) is 57.3 Å². The Hall–Kier alpha value is -3.71. The van der Waals surface area contributed by atoms with E-state index in [1.165, 1.54) is 31.5 Å². The van der Waals surface area contributed by atoms with Gasteiger partial charge in [0.05, 0.1) is 30.4 Å². The molecule has 0 aliphatic carbocycles. The number of alkyl halides is 2. The zero-order valence-electron chi connectivity index (χ0n) is 19.4. The van der Waals surface area contributed by atoms with Gasteiger partial charge < -0.3 is 19.3 Å². The van der Waals surface area contributed by atoms with E-state index in [4.69, 9.17) is 37.2 Å². The minimum Gasteiger partial charge on any atom is -0.485 e. The van der Waals surface area contributed by atoms with E-state index >= 15 is 0 Å². The highest BCUT2D eigenvalue weighted by Crippen LogP contribution is 2.39. The van der Waals surface area contributed by atoms with Gasteiger partial charge in [0.25, 0.3) is 12.3 Å². The average Bonchev–Trinajstić information content (AvgIpc) is 3.34. The van der Waals surface area contributed by atoms with Crippen LogP contribution in [-0.4, -0.2) is 53.8 Å². The fourth-order valence-electron chi connectivity index (χ4n) is 3.00. The molecule has 2 heterocycles. The Bertz CT molecular complexity index is 1280. The molecule has 0 aliphatic heterocycles. The van der Waals surface area contributed by atoms with Crippen LogP contribution in [-0.2, 0) is 6.54 Å². The number of hydrogen-bond acceptors (Lipinski definition) is 7. The van der Waals surface area contributed by atoms with Crippen molar-refractivity contribution in [2.45, 2.75) is 19.9 Å². The summed E-state index contributed by atoms with van der Waals surface area (Å²) in [6.07, 6.45) is -1.51. The molecule has 0 unspecified atom stereocenters. The van der Waals surface area contributed by atoms with Crippen LogP contribution < -0.4 is 20.2 Å². The Kier molecular flexibility index (Phi) is 9.42. The van der Waals surface area contributed by atoms with Gasteiger partial charge in [-0.05, 0) is 30.3 Å². The first kappa shape index (κ1) is 27.9. The summed E-state index contributed by atoms with van der Waals surface area (Å²) >= 11 is 12.1. The van der Waals surface area contributed by atoms with Crippen molar-refractivity contribution in [2.75, 3.05) is 20.3 Å². The molecule has 0 saturated carbocycles. The number of carbonyl (C=O) groups excluding carboxylic acids is 2. The van der Waals surface area contributed by atoms with Crippen molar-refractivity contribution in [3.63, 3.8) is 0 Å². The number of nitrogens with zero attached hydrogens (tertiary/aromatic N) is 3. The average molecular weight is 562 g/mol. The first-order valence-corrected chi connectivity index (χ1v) is 11.3. The van der Waals surface area contributed by atoms with Crippen LogP contribution in [0, 0.1) is 5.82 Å². The van der Waals surface area contributed by atoms with Crippen molar-refractivity contribution in [1.82, 2.24) is 25.9 Å². The molecular formula is C22H20Cl2F3N5O5. The number of hydrazine groups is 1. The van der Waals surface area contributed by atoms with Crippen LogP contribution in [0.15, 0.2) is 35.0 Å². The number of rotatable bonds is 9.